The number of nitrogens with zero attached hydrogens (tertiary/aromatic N) is 2. The highest BCUT2D eigenvalue weighted by molar-refractivity contribution is 5.80. The molecule has 120 valence electrons. The van der Waals surface area contributed by atoms with Gasteiger partial charge in [0.2, 0.25) is 11.8 Å². The largest absolute Gasteiger partial charge is 0.322 e. The van der Waals surface area contributed by atoms with Gasteiger partial charge in [-0.25, -0.2) is 16.5 Å². The maximum absolute atomic E-state index is 12.3. The molecule has 1 unspecified atom stereocenters. The molecule has 0 aromatic rings. The molecule has 1 aliphatic heterocycles. The van der Waals surface area contributed by atoms with Crippen molar-refractivity contribution < 1.29 is 14.4 Å². The number of amides is 4. The molecule has 6 N–H and O–H groups in total. The van der Waals surface area contributed by atoms with Gasteiger partial charge >= 0.3 is 6.03 Å². The lowest BCUT2D eigenvalue weighted by Crippen LogP contribution is -2.40. The lowest BCUT2D eigenvalue weighted by Gasteiger charge is -2.22. The van der Waals surface area contributed by atoms with Crippen molar-refractivity contribution in [1.29, 1.82) is 0 Å². The third-order valence-corrected chi connectivity index (χ3v) is 3.52. The second-order valence-electron chi connectivity index (χ2n) is 5.00. The fourth-order valence-electron chi connectivity index (χ4n) is 2.42. The van der Waals surface area contributed by atoms with E-state index in [4.69, 9.17) is 11.7 Å². The number of carbonyl (C=O) groups excluding carboxylic acids is 3. The van der Waals surface area contributed by atoms with Gasteiger partial charge in [-0.3, -0.25) is 20.4 Å². The van der Waals surface area contributed by atoms with Gasteiger partial charge in [0.25, 0.3) is 0 Å². The molecule has 1 saturated heterocycles. The number of rotatable bonds is 8. The molecule has 1 atom stereocenters. The minimum atomic E-state index is -0.309. The summed E-state index contributed by atoms with van der Waals surface area (Å²) in [5.74, 6) is 9.44. The van der Waals surface area contributed by atoms with Crippen LogP contribution in [0.25, 0.3) is 0 Å². The van der Waals surface area contributed by atoms with Crippen LogP contribution in [0, 0.1) is 0 Å². The average Bonchev–Trinajstić information content (AvgIpc) is 2.78. The van der Waals surface area contributed by atoms with Crippen LogP contribution >= 0.6 is 0 Å². The third kappa shape index (κ3) is 4.87. The number of nitrogens with one attached hydrogen (secondary N) is 2. The van der Waals surface area contributed by atoms with Crippen molar-refractivity contribution in [2.24, 2.45) is 11.7 Å². The van der Waals surface area contributed by atoms with E-state index in [1.54, 1.807) is 9.80 Å². The molecule has 1 heterocycles. The van der Waals surface area contributed by atoms with E-state index < -0.39 is 0 Å². The highest BCUT2D eigenvalue weighted by Crippen LogP contribution is 2.20. The van der Waals surface area contributed by atoms with Gasteiger partial charge < -0.3 is 9.80 Å². The molecule has 0 spiro atoms. The van der Waals surface area contributed by atoms with E-state index in [-0.39, 0.29) is 36.7 Å². The molecule has 21 heavy (non-hydrogen) atoms. The van der Waals surface area contributed by atoms with E-state index in [1.165, 1.54) is 0 Å². The van der Waals surface area contributed by atoms with Crippen molar-refractivity contribution in [3.63, 3.8) is 0 Å². The number of urea groups is 1. The summed E-state index contributed by atoms with van der Waals surface area (Å²) < 4.78 is 0. The highest BCUT2D eigenvalue weighted by atomic mass is 16.2. The second kappa shape index (κ2) is 8.42. The minimum Gasteiger partial charge on any atom is -0.322 e. The van der Waals surface area contributed by atoms with Crippen molar-refractivity contribution in [2.45, 2.75) is 38.6 Å². The maximum atomic E-state index is 12.3. The quantitative estimate of drug-likeness (QED) is 0.250. The van der Waals surface area contributed by atoms with E-state index >= 15 is 0 Å². The van der Waals surface area contributed by atoms with Gasteiger partial charge in [-0.15, -0.1) is 0 Å². The minimum absolute atomic E-state index is 0.0639. The summed E-state index contributed by atoms with van der Waals surface area (Å²) >= 11 is 0. The van der Waals surface area contributed by atoms with E-state index in [1.807, 2.05) is 12.3 Å². The van der Waals surface area contributed by atoms with Crippen LogP contribution in [0.1, 0.15) is 32.6 Å². The summed E-state index contributed by atoms with van der Waals surface area (Å²) in [6.07, 6.45) is 2.13. The smallest absolute Gasteiger partial charge is 0.320 e. The van der Waals surface area contributed by atoms with Gasteiger partial charge in [0.15, 0.2) is 0 Å². The third-order valence-electron chi connectivity index (χ3n) is 3.52. The highest BCUT2D eigenvalue weighted by Gasteiger charge is 2.36. The molecule has 0 aliphatic carbocycles. The van der Waals surface area contributed by atoms with Crippen LogP contribution < -0.4 is 22.5 Å². The zero-order chi connectivity index (χ0) is 15.8. The average molecular weight is 300 g/mol. The first-order valence-corrected chi connectivity index (χ1v) is 7.07. The molecular weight excluding hydrogens is 276 g/mol. The molecule has 0 radical (unpaired) electrons. The Morgan fingerprint density at radius 1 is 1.19 bits per heavy atom. The Balaban J connectivity index is 2.60. The Labute approximate surface area is 123 Å². The predicted molar refractivity (Wildman–Crippen MR) is 76.3 cm³/mol. The number of hydrogen-bond acceptors (Lipinski definition) is 5. The Morgan fingerprint density at radius 3 is 2.29 bits per heavy atom. The summed E-state index contributed by atoms with van der Waals surface area (Å²) in [5.41, 5.74) is 4.09. The van der Waals surface area contributed by atoms with Gasteiger partial charge in [-0.05, 0) is 6.42 Å². The molecule has 0 bridgehead atoms. The van der Waals surface area contributed by atoms with E-state index in [2.05, 4.69) is 5.43 Å². The van der Waals surface area contributed by atoms with Crippen LogP contribution in [0.5, 0.6) is 0 Å². The van der Waals surface area contributed by atoms with Crippen LogP contribution in [-0.2, 0) is 9.59 Å². The molecule has 1 rings (SSSR count). The van der Waals surface area contributed by atoms with Crippen molar-refractivity contribution in [1.82, 2.24) is 20.7 Å². The maximum Gasteiger partial charge on any atom is 0.320 e. The van der Waals surface area contributed by atoms with Crippen LogP contribution in [0.4, 0.5) is 4.79 Å². The van der Waals surface area contributed by atoms with Crippen molar-refractivity contribution in [3.8, 4) is 0 Å². The van der Waals surface area contributed by atoms with E-state index in [0.29, 0.717) is 19.6 Å². The van der Waals surface area contributed by atoms with Crippen LogP contribution in [0.3, 0.4) is 0 Å². The fraction of sp³-hybridized carbons (Fsp3) is 0.750. The van der Waals surface area contributed by atoms with Crippen LogP contribution in [0.2, 0.25) is 0 Å². The second-order valence-corrected chi connectivity index (χ2v) is 5.00. The first-order chi connectivity index (χ1) is 10.0. The Hall–Kier alpha value is -1.87. The summed E-state index contributed by atoms with van der Waals surface area (Å²) in [5, 5.41) is 0. The Morgan fingerprint density at radius 2 is 1.76 bits per heavy atom. The van der Waals surface area contributed by atoms with E-state index in [0.717, 1.165) is 12.8 Å². The standard InChI is InChI=1S/C12H24N6O3/c1-2-3-9-8-17(6-4-10(19)15-13)12(21)18(9)7-5-11(20)16-14/h9H,2-8,13-14H2,1H3,(H,15,19)(H,16,20). The first-order valence-electron chi connectivity index (χ1n) is 7.07. The fourth-order valence-corrected chi connectivity index (χ4v) is 2.42. The van der Waals surface area contributed by atoms with Gasteiger partial charge in [-0.2, -0.15) is 0 Å². The van der Waals surface area contributed by atoms with Gasteiger partial charge in [-0.1, -0.05) is 13.3 Å². The van der Waals surface area contributed by atoms with Gasteiger partial charge in [0, 0.05) is 32.5 Å². The topological polar surface area (TPSA) is 134 Å². The van der Waals surface area contributed by atoms with Gasteiger partial charge in [0.1, 0.15) is 0 Å². The van der Waals surface area contributed by atoms with Crippen molar-refractivity contribution in [2.75, 3.05) is 19.6 Å². The lowest BCUT2D eigenvalue weighted by atomic mass is 10.1. The number of carbonyl (C=O) groups is 3. The number of nitrogens with two attached hydrogens (primary N) is 2. The SMILES string of the molecule is CCCC1CN(CCC(=O)NN)C(=O)N1CCC(=O)NN. The van der Waals surface area contributed by atoms with Crippen LogP contribution in [0.15, 0.2) is 0 Å². The Kier molecular flexibility index (Phi) is 6.89. The Bertz CT molecular complexity index is 389. The molecule has 9 nitrogen and oxygen atoms in total. The molecule has 0 saturated carbocycles. The molecule has 0 aromatic heterocycles. The summed E-state index contributed by atoms with van der Waals surface area (Å²) in [6.45, 7) is 3.25. The predicted octanol–water partition coefficient (Wildman–Crippen LogP) is -1.35. The lowest BCUT2D eigenvalue weighted by molar-refractivity contribution is -0.122. The van der Waals surface area contributed by atoms with Gasteiger partial charge in [0.05, 0.1) is 6.04 Å². The first kappa shape index (κ1) is 17.2. The summed E-state index contributed by atoms with van der Waals surface area (Å²) in [6, 6.07) is -0.0860. The number of hydrazine groups is 2. The van der Waals surface area contributed by atoms with E-state index in [9.17, 15) is 14.4 Å². The zero-order valence-corrected chi connectivity index (χ0v) is 12.3. The molecule has 4 amide bonds. The molecule has 1 fully saturated rings. The molecule has 1 aliphatic rings. The monoisotopic (exact) mass is 300 g/mol. The summed E-state index contributed by atoms with van der Waals surface area (Å²) in [7, 11) is 0. The number of hydrogen-bond donors (Lipinski definition) is 4. The van der Waals surface area contributed by atoms with Crippen molar-refractivity contribution >= 4 is 17.8 Å². The molecule has 9 heteroatoms. The molecular formula is C12H24N6O3. The van der Waals surface area contributed by atoms with Crippen molar-refractivity contribution in [3.05, 3.63) is 0 Å². The molecule has 0 aromatic carbocycles. The summed E-state index contributed by atoms with van der Waals surface area (Å²) in [4.78, 5) is 38.0. The van der Waals surface area contributed by atoms with Crippen LogP contribution in [-0.4, -0.2) is 53.3 Å². The normalized spacial score (nSPS) is 18.0. The zero-order valence-electron chi connectivity index (χ0n) is 12.3.